The Kier molecular flexibility index (Phi) is 4.57. The second-order valence-electron chi connectivity index (χ2n) is 4.46. The largest absolute Gasteiger partial charge is 0.490 e. The van der Waals surface area contributed by atoms with Crippen LogP contribution in [0.3, 0.4) is 0 Å². The van der Waals surface area contributed by atoms with Gasteiger partial charge in [0, 0.05) is 17.8 Å². The normalized spacial score (nSPS) is 19.3. The fourth-order valence-electron chi connectivity index (χ4n) is 2.09. The molecule has 1 N–H and O–H groups in total. The number of pyridine rings is 1. The van der Waals surface area contributed by atoms with E-state index in [-0.39, 0.29) is 6.61 Å². The van der Waals surface area contributed by atoms with Gasteiger partial charge in [0.1, 0.15) is 19.0 Å². The van der Waals surface area contributed by atoms with Gasteiger partial charge in [-0.25, -0.2) is 0 Å². The smallest absolute Gasteiger partial charge is 0.138 e. The number of hydrogen-bond donors (Lipinski definition) is 1. The van der Waals surface area contributed by atoms with Gasteiger partial charge in [-0.05, 0) is 32.5 Å². The first kappa shape index (κ1) is 12.9. The van der Waals surface area contributed by atoms with Crippen molar-refractivity contribution in [3.8, 4) is 17.6 Å². The molecule has 0 aliphatic carbocycles. The Balaban J connectivity index is 1.92. The zero-order chi connectivity index (χ0) is 12.8. The van der Waals surface area contributed by atoms with Crippen LogP contribution < -0.4 is 4.74 Å². The molecule has 1 fully saturated rings. The molecule has 1 saturated heterocycles. The zero-order valence-corrected chi connectivity index (χ0v) is 10.6. The third-order valence-corrected chi connectivity index (χ3v) is 3.14. The fraction of sp³-hybridized carbons (Fsp3) is 0.500. The van der Waals surface area contributed by atoms with E-state index in [4.69, 9.17) is 9.84 Å². The van der Waals surface area contributed by atoms with Crippen LogP contribution in [0.4, 0.5) is 0 Å². The average molecular weight is 246 g/mol. The third kappa shape index (κ3) is 3.46. The van der Waals surface area contributed by atoms with Gasteiger partial charge in [0.25, 0.3) is 0 Å². The van der Waals surface area contributed by atoms with Crippen LogP contribution in [0.15, 0.2) is 18.5 Å². The summed E-state index contributed by atoms with van der Waals surface area (Å²) < 4.78 is 5.75. The van der Waals surface area contributed by atoms with Crippen LogP contribution in [0.1, 0.15) is 18.4 Å². The second-order valence-corrected chi connectivity index (χ2v) is 4.46. The first-order valence-electron chi connectivity index (χ1n) is 6.17. The minimum Gasteiger partial charge on any atom is -0.490 e. The number of aliphatic hydroxyl groups is 1. The lowest BCUT2D eigenvalue weighted by Gasteiger charge is -2.19. The number of likely N-dealkylation sites (tertiary alicyclic amines) is 1. The molecule has 0 radical (unpaired) electrons. The van der Waals surface area contributed by atoms with Gasteiger partial charge in [0.05, 0.1) is 6.20 Å². The van der Waals surface area contributed by atoms with Crippen molar-refractivity contribution < 1.29 is 9.84 Å². The van der Waals surface area contributed by atoms with E-state index < -0.39 is 0 Å². The van der Waals surface area contributed by atoms with Crippen molar-refractivity contribution in [1.29, 1.82) is 0 Å². The standard InChI is InChI=1S/C14H18N2O2/c1-16-6-2-5-13(16)11-18-14-8-12(4-3-7-17)9-15-10-14/h8-10,13,17H,2,5-7,11H2,1H3/t13-/m0/s1. The fourth-order valence-corrected chi connectivity index (χ4v) is 2.09. The van der Waals surface area contributed by atoms with Crippen LogP contribution in [0.25, 0.3) is 0 Å². The molecule has 0 amide bonds. The number of aliphatic hydroxyl groups excluding tert-OH is 1. The summed E-state index contributed by atoms with van der Waals surface area (Å²) in [5.41, 5.74) is 0.765. The first-order valence-corrected chi connectivity index (χ1v) is 6.17. The molecule has 0 spiro atoms. The van der Waals surface area contributed by atoms with E-state index in [1.54, 1.807) is 12.4 Å². The lowest BCUT2D eigenvalue weighted by molar-refractivity contribution is 0.198. The summed E-state index contributed by atoms with van der Waals surface area (Å²) in [5, 5.41) is 8.64. The van der Waals surface area contributed by atoms with E-state index in [0.717, 1.165) is 17.9 Å². The predicted molar refractivity (Wildman–Crippen MR) is 69.3 cm³/mol. The summed E-state index contributed by atoms with van der Waals surface area (Å²) >= 11 is 0. The minimum atomic E-state index is -0.141. The molecule has 2 rings (SSSR count). The predicted octanol–water partition coefficient (Wildman–Crippen LogP) is 0.898. The monoisotopic (exact) mass is 246 g/mol. The highest BCUT2D eigenvalue weighted by atomic mass is 16.5. The van der Waals surface area contributed by atoms with Crippen molar-refractivity contribution in [2.24, 2.45) is 0 Å². The van der Waals surface area contributed by atoms with E-state index in [0.29, 0.717) is 12.6 Å². The Morgan fingerprint density at radius 2 is 2.44 bits per heavy atom. The van der Waals surface area contributed by atoms with Crippen molar-refractivity contribution in [1.82, 2.24) is 9.88 Å². The number of nitrogens with zero attached hydrogens (tertiary/aromatic N) is 2. The summed E-state index contributed by atoms with van der Waals surface area (Å²) in [7, 11) is 2.13. The maximum Gasteiger partial charge on any atom is 0.138 e. The second kappa shape index (κ2) is 6.39. The van der Waals surface area contributed by atoms with Gasteiger partial charge in [-0.2, -0.15) is 0 Å². The van der Waals surface area contributed by atoms with Crippen LogP contribution in [-0.4, -0.2) is 47.8 Å². The molecular formula is C14H18N2O2. The lowest BCUT2D eigenvalue weighted by atomic mass is 10.2. The topological polar surface area (TPSA) is 45.6 Å². The molecule has 96 valence electrons. The molecule has 4 heteroatoms. The van der Waals surface area contributed by atoms with E-state index in [2.05, 4.69) is 28.8 Å². The van der Waals surface area contributed by atoms with Crippen LogP contribution in [0.2, 0.25) is 0 Å². The molecule has 0 unspecified atom stereocenters. The summed E-state index contributed by atoms with van der Waals surface area (Å²) in [6, 6.07) is 2.35. The van der Waals surface area contributed by atoms with Gasteiger partial charge in [0.2, 0.25) is 0 Å². The highest BCUT2D eigenvalue weighted by Gasteiger charge is 2.21. The van der Waals surface area contributed by atoms with E-state index in [9.17, 15) is 0 Å². The Hall–Kier alpha value is -1.57. The Morgan fingerprint density at radius 3 is 3.17 bits per heavy atom. The Bertz CT molecular complexity index is 451. The molecule has 4 nitrogen and oxygen atoms in total. The summed E-state index contributed by atoms with van der Waals surface area (Å²) in [5.74, 6) is 6.15. The van der Waals surface area contributed by atoms with Gasteiger partial charge < -0.3 is 14.7 Å². The molecule has 2 heterocycles. The van der Waals surface area contributed by atoms with Gasteiger partial charge in [0.15, 0.2) is 0 Å². The molecule has 1 aliphatic heterocycles. The molecule has 1 atom stereocenters. The number of rotatable bonds is 3. The van der Waals surface area contributed by atoms with Gasteiger partial charge >= 0.3 is 0 Å². The van der Waals surface area contributed by atoms with E-state index in [1.165, 1.54) is 12.8 Å². The molecular weight excluding hydrogens is 228 g/mol. The Labute approximate surface area is 108 Å². The number of aromatic nitrogens is 1. The molecule has 1 aromatic rings. The SMILES string of the molecule is CN1CCC[C@H]1COc1cncc(C#CCO)c1. The van der Waals surface area contributed by atoms with Crippen molar-refractivity contribution in [3.63, 3.8) is 0 Å². The van der Waals surface area contributed by atoms with Crippen molar-refractivity contribution >= 4 is 0 Å². The Morgan fingerprint density at radius 1 is 1.56 bits per heavy atom. The lowest BCUT2D eigenvalue weighted by Crippen LogP contribution is -2.30. The summed E-state index contributed by atoms with van der Waals surface area (Å²) in [4.78, 5) is 6.40. The highest BCUT2D eigenvalue weighted by molar-refractivity contribution is 5.36. The molecule has 1 aliphatic rings. The van der Waals surface area contributed by atoms with Crippen molar-refractivity contribution in [2.75, 3.05) is 26.8 Å². The van der Waals surface area contributed by atoms with Crippen LogP contribution in [0, 0.1) is 11.8 Å². The van der Waals surface area contributed by atoms with Crippen molar-refractivity contribution in [2.45, 2.75) is 18.9 Å². The molecule has 0 bridgehead atoms. The van der Waals surface area contributed by atoms with Crippen molar-refractivity contribution in [3.05, 3.63) is 24.0 Å². The zero-order valence-electron chi connectivity index (χ0n) is 10.6. The number of ether oxygens (including phenoxy) is 1. The maximum absolute atomic E-state index is 8.64. The number of hydrogen-bond acceptors (Lipinski definition) is 4. The maximum atomic E-state index is 8.64. The average Bonchev–Trinajstić information content (AvgIpc) is 2.80. The molecule has 0 saturated carbocycles. The van der Waals surface area contributed by atoms with Gasteiger partial charge in [-0.15, -0.1) is 0 Å². The molecule has 18 heavy (non-hydrogen) atoms. The number of likely N-dealkylation sites (N-methyl/N-ethyl adjacent to an activating group) is 1. The summed E-state index contributed by atoms with van der Waals surface area (Å²) in [6.45, 7) is 1.70. The van der Waals surface area contributed by atoms with Crippen LogP contribution >= 0.6 is 0 Å². The van der Waals surface area contributed by atoms with Crippen LogP contribution in [-0.2, 0) is 0 Å². The summed E-state index contributed by atoms with van der Waals surface area (Å²) in [6.07, 6.45) is 5.79. The van der Waals surface area contributed by atoms with E-state index >= 15 is 0 Å². The van der Waals surface area contributed by atoms with E-state index in [1.807, 2.05) is 6.07 Å². The highest BCUT2D eigenvalue weighted by Crippen LogP contribution is 2.17. The first-order chi connectivity index (χ1) is 8.79. The molecule has 1 aromatic heterocycles. The third-order valence-electron chi connectivity index (χ3n) is 3.14. The van der Waals surface area contributed by atoms with Gasteiger partial charge in [-0.1, -0.05) is 11.8 Å². The molecule has 0 aromatic carbocycles. The van der Waals surface area contributed by atoms with Crippen LogP contribution in [0.5, 0.6) is 5.75 Å². The van der Waals surface area contributed by atoms with Gasteiger partial charge in [-0.3, -0.25) is 4.98 Å². The minimum absolute atomic E-state index is 0.141. The quantitative estimate of drug-likeness (QED) is 0.805.